The van der Waals surface area contributed by atoms with E-state index in [9.17, 15) is 4.79 Å². The smallest absolute Gasteiger partial charge is 0.330 e. The zero-order chi connectivity index (χ0) is 11.0. The van der Waals surface area contributed by atoms with Gasteiger partial charge in [0, 0.05) is 6.08 Å². The molecule has 0 spiro atoms. The van der Waals surface area contributed by atoms with Gasteiger partial charge in [0.05, 0.1) is 6.10 Å². The molecule has 0 rings (SSSR count). The lowest BCUT2D eigenvalue weighted by atomic mass is 10.1. The third-order valence-electron chi connectivity index (χ3n) is 2.05. The van der Waals surface area contributed by atoms with Gasteiger partial charge in [0.25, 0.3) is 0 Å². The summed E-state index contributed by atoms with van der Waals surface area (Å²) in [4.78, 5) is 10.9. The van der Waals surface area contributed by atoms with Crippen LogP contribution in [0.1, 0.15) is 39.5 Å². The highest BCUT2D eigenvalue weighted by molar-refractivity contribution is 5.81. The molecule has 0 aromatic heterocycles. The van der Waals surface area contributed by atoms with Crippen molar-refractivity contribution in [3.8, 4) is 0 Å². The summed E-state index contributed by atoms with van der Waals surface area (Å²) in [7, 11) is 0. The maximum absolute atomic E-state index is 10.9. The molecule has 0 saturated heterocycles. The summed E-state index contributed by atoms with van der Waals surface area (Å²) in [6.07, 6.45) is 4.10. The molecule has 1 N–H and O–H groups in total. The molecule has 0 fully saturated rings. The molecule has 0 amide bonds. The van der Waals surface area contributed by atoms with Crippen LogP contribution in [0.4, 0.5) is 0 Å². The van der Waals surface area contributed by atoms with E-state index in [2.05, 4.69) is 6.58 Å². The molecule has 0 bridgehead atoms. The van der Waals surface area contributed by atoms with Gasteiger partial charge < -0.3 is 9.84 Å². The van der Waals surface area contributed by atoms with E-state index in [-0.39, 0.29) is 18.2 Å². The molecule has 0 aromatic rings. The SMILES string of the molecule is C=CC(=O)OC(CC)CCCC(C)O. The molecular weight excluding hydrogens is 180 g/mol. The minimum absolute atomic E-state index is 0.0424. The highest BCUT2D eigenvalue weighted by Gasteiger charge is 2.10. The van der Waals surface area contributed by atoms with Crippen LogP contribution in [0.25, 0.3) is 0 Å². The molecule has 0 aliphatic carbocycles. The fourth-order valence-electron chi connectivity index (χ4n) is 1.20. The van der Waals surface area contributed by atoms with Crippen molar-refractivity contribution in [2.24, 2.45) is 0 Å². The van der Waals surface area contributed by atoms with E-state index in [1.165, 1.54) is 6.08 Å². The van der Waals surface area contributed by atoms with Crippen LogP contribution in [-0.4, -0.2) is 23.3 Å². The largest absolute Gasteiger partial charge is 0.459 e. The zero-order valence-electron chi connectivity index (χ0n) is 9.03. The predicted molar refractivity (Wildman–Crippen MR) is 55.9 cm³/mol. The van der Waals surface area contributed by atoms with Crippen LogP contribution >= 0.6 is 0 Å². The second-order valence-corrected chi connectivity index (χ2v) is 3.45. The number of rotatable bonds is 7. The van der Waals surface area contributed by atoms with E-state index >= 15 is 0 Å². The van der Waals surface area contributed by atoms with E-state index in [1.54, 1.807) is 6.92 Å². The summed E-state index contributed by atoms with van der Waals surface area (Å²) in [5.41, 5.74) is 0. The molecule has 0 radical (unpaired) electrons. The van der Waals surface area contributed by atoms with Crippen LogP contribution in [-0.2, 0) is 9.53 Å². The second kappa shape index (κ2) is 7.56. The third kappa shape index (κ3) is 6.66. The molecule has 14 heavy (non-hydrogen) atoms. The van der Waals surface area contributed by atoms with Gasteiger partial charge in [-0.05, 0) is 32.6 Å². The molecule has 82 valence electrons. The van der Waals surface area contributed by atoms with E-state index in [4.69, 9.17) is 9.84 Å². The van der Waals surface area contributed by atoms with Gasteiger partial charge in [0.1, 0.15) is 6.10 Å². The molecule has 0 heterocycles. The van der Waals surface area contributed by atoms with Crippen molar-refractivity contribution < 1.29 is 14.6 Å². The molecule has 3 heteroatoms. The number of aliphatic hydroxyl groups excluding tert-OH is 1. The molecule has 0 saturated carbocycles. The molecule has 3 nitrogen and oxygen atoms in total. The topological polar surface area (TPSA) is 46.5 Å². The Bertz CT molecular complexity index is 175. The van der Waals surface area contributed by atoms with E-state index < -0.39 is 0 Å². The fourth-order valence-corrected chi connectivity index (χ4v) is 1.20. The fraction of sp³-hybridized carbons (Fsp3) is 0.727. The Morgan fingerprint density at radius 3 is 2.64 bits per heavy atom. The molecule has 0 aliphatic heterocycles. The first-order chi connectivity index (χ1) is 6.60. The highest BCUT2D eigenvalue weighted by atomic mass is 16.5. The summed E-state index contributed by atoms with van der Waals surface area (Å²) in [6.45, 7) is 7.08. The van der Waals surface area contributed by atoms with E-state index in [1.807, 2.05) is 6.92 Å². The summed E-state index contributed by atoms with van der Waals surface area (Å²) >= 11 is 0. The van der Waals surface area contributed by atoms with Crippen LogP contribution in [0, 0.1) is 0 Å². The standard InChI is InChI=1S/C11H20O3/c1-4-10(14-11(13)5-2)8-6-7-9(3)12/h5,9-10,12H,2,4,6-8H2,1,3H3. The lowest BCUT2D eigenvalue weighted by Gasteiger charge is -2.15. The van der Waals surface area contributed by atoms with Gasteiger partial charge in [-0.2, -0.15) is 0 Å². The molecule has 2 atom stereocenters. The van der Waals surface area contributed by atoms with Crippen LogP contribution in [0.2, 0.25) is 0 Å². The van der Waals surface area contributed by atoms with Gasteiger partial charge in [-0.1, -0.05) is 13.5 Å². The van der Waals surface area contributed by atoms with E-state index in [0.717, 1.165) is 25.7 Å². The lowest BCUT2D eigenvalue weighted by Crippen LogP contribution is -2.16. The van der Waals surface area contributed by atoms with Crippen molar-refractivity contribution in [1.82, 2.24) is 0 Å². The average molecular weight is 200 g/mol. The van der Waals surface area contributed by atoms with Crippen molar-refractivity contribution in [3.05, 3.63) is 12.7 Å². The number of esters is 1. The van der Waals surface area contributed by atoms with Crippen molar-refractivity contribution >= 4 is 5.97 Å². The van der Waals surface area contributed by atoms with Gasteiger partial charge in [0.2, 0.25) is 0 Å². The minimum atomic E-state index is -0.367. The van der Waals surface area contributed by atoms with Crippen LogP contribution in [0.15, 0.2) is 12.7 Å². The summed E-state index contributed by atoms with van der Waals surface area (Å²) in [5, 5.41) is 9.04. The third-order valence-corrected chi connectivity index (χ3v) is 2.05. The van der Waals surface area contributed by atoms with Crippen LogP contribution in [0.5, 0.6) is 0 Å². The monoisotopic (exact) mass is 200 g/mol. The summed E-state index contributed by atoms with van der Waals surface area (Å²) < 4.78 is 5.09. The minimum Gasteiger partial charge on any atom is -0.459 e. The van der Waals surface area contributed by atoms with Crippen molar-refractivity contribution in [2.75, 3.05) is 0 Å². The quantitative estimate of drug-likeness (QED) is 0.505. The summed E-state index contributed by atoms with van der Waals surface area (Å²) in [6, 6.07) is 0. The first kappa shape index (κ1) is 13.2. The van der Waals surface area contributed by atoms with Gasteiger partial charge in [-0.3, -0.25) is 0 Å². The van der Waals surface area contributed by atoms with Crippen molar-refractivity contribution in [1.29, 1.82) is 0 Å². The Morgan fingerprint density at radius 2 is 2.21 bits per heavy atom. The Balaban J connectivity index is 3.68. The number of carbonyl (C=O) groups is 1. The predicted octanol–water partition coefficient (Wildman–Crippen LogP) is 2.05. The number of hydrogen-bond acceptors (Lipinski definition) is 3. The van der Waals surface area contributed by atoms with Crippen LogP contribution in [0.3, 0.4) is 0 Å². The Kier molecular flexibility index (Phi) is 7.11. The zero-order valence-corrected chi connectivity index (χ0v) is 9.03. The number of ether oxygens (including phenoxy) is 1. The molecular formula is C11H20O3. The second-order valence-electron chi connectivity index (χ2n) is 3.45. The maximum atomic E-state index is 10.9. The highest BCUT2D eigenvalue weighted by Crippen LogP contribution is 2.10. The van der Waals surface area contributed by atoms with Gasteiger partial charge in [-0.15, -0.1) is 0 Å². The molecule has 0 aliphatic rings. The molecule has 2 unspecified atom stereocenters. The van der Waals surface area contributed by atoms with Crippen molar-refractivity contribution in [2.45, 2.75) is 51.7 Å². The van der Waals surface area contributed by atoms with Gasteiger partial charge in [-0.25, -0.2) is 4.79 Å². The maximum Gasteiger partial charge on any atom is 0.330 e. The average Bonchev–Trinajstić information content (AvgIpc) is 2.15. The van der Waals surface area contributed by atoms with Crippen LogP contribution < -0.4 is 0 Å². The Morgan fingerprint density at radius 1 is 1.57 bits per heavy atom. The number of hydrogen-bond donors (Lipinski definition) is 1. The van der Waals surface area contributed by atoms with Crippen molar-refractivity contribution in [3.63, 3.8) is 0 Å². The van der Waals surface area contributed by atoms with E-state index in [0.29, 0.717) is 0 Å². The van der Waals surface area contributed by atoms with Gasteiger partial charge >= 0.3 is 5.97 Å². The summed E-state index contributed by atoms with van der Waals surface area (Å²) in [5.74, 6) is -0.367. The molecule has 0 aromatic carbocycles. The Labute approximate surface area is 85.8 Å². The first-order valence-corrected chi connectivity index (χ1v) is 5.11. The number of carbonyl (C=O) groups excluding carboxylic acids is 1. The normalized spacial score (nSPS) is 14.5. The van der Waals surface area contributed by atoms with Gasteiger partial charge in [0.15, 0.2) is 0 Å². The first-order valence-electron chi connectivity index (χ1n) is 5.11. The lowest BCUT2D eigenvalue weighted by molar-refractivity contribution is -0.143. The Hall–Kier alpha value is -0.830. The number of aliphatic hydroxyl groups is 1.